The van der Waals surface area contributed by atoms with Gasteiger partial charge in [-0.3, -0.25) is 14.3 Å². The molecule has 2 aromatic carbocycles. The normalized spacial score (nSPS) is 27.5. The number of ether oxygens (including phenoxy) is 2. The van der Waals surface area contributed by atoms with E-state index in [0.29, 0.717) is 124 Å². The molecule has 0 amide bonds. The highest BCUT2D eigenvalue weighted by Crippen LogP contribution is 2.62. The highest BCUT2D eigenvalue weighted by molar-refractivity contribution is 6.02. The van der Waals surface area contributed by atoms with Crippen LogP contribution in [0.25, 0.3) is 60.5 Å². The Morgan fingerprint density at radius 2 is 1.57 bits per heavy atom. The van der Waals surface area contributed by atoms with Gasteiger partial charge in [0.25, 0.3) is 23.5 Å². The van der Waals surface area contributed by atoms with Crippen molar-refractivity contribution in [3.8, 4) is 28.3 Å². The summed E-state index contributed by atoms with van der Waals surface area (Å²) in [5, 5.41) is 36.0. The maximum atomic E-state index is 14.1. The monoisotopic (exact) mass is 978 g/mol. The summed E-state index contributed by atoms with van der Waals surface area (Å²) >= 11 is 0. The van der Waals surface area contributed by atoms with Crippen LogP contribution in [0.1, 0.15) is 88.2 Å². The zero-order valence-electron chi connectivity index (χ0n) is 40.0. The van der Waals surface area contributed by atoms with E-state index in [2.05, 4.69) is 4.98 Å². The average molecular weight is 979 g/mol. The molecule has 17 nitrogen and oxygen atoms in total. The number of aromatic nitrogens is 9. The fourth-order valence-corrected chi connectivity index (χ4v) is 12.9. The van der Waals surface area contributed by atoms with Crippen LogP contribution < -0.4 is 31.9 Å². The quantitative estimate of drug-likeness (QED) is 0.101. The van der Waals surface area contributed by atoms with Crippen molar-refractivity contribution in [3.63, 3.8) is 0 Å². The largest absolute Gasteiger partial charge is 0.495 e. The number of halogens is 2. The number of nitrogens with two attached hydrogens (primary N) is 2. The van der Waals surface area contributed by atoms with Gasteiger partial charge in [-0.15, -0.1) is 4.52 Å². The smallest absolute Gasteiger partial charge is 0.270 e. The van der Waals surface area contributed by atoms with E-state index in [1.165, 1.54) is 0 Å². The first-order chi connectivity index (χ1) is 34.6. The lowest BCUT2D eigenvalue weighted by Crippen LogP contribution is -2.56. The van der Waals surface area contributed by atoms with Crippen LogP contribution in [-0.2, 0) is 11.3 Å². The molecule has 1 unspecified atom stereocenters. The number of anilines is 2. The van der Waals surface area contributed by atoms with E-state index in [9.17, 15) is 28.6 Å². The minimum Gasteiger partial charge on any atom is -0.495 e. The van der Waals surface area contributed by atoms with Crippen molar-refractivity contribution >= 4 is 49.6 Å². The number of pyridine rings is 3. The topological polar surface area (TPSA) is 220 Å². The van der Waals surface area contributed by atoms with Gasteiger partial charge in [0.05, 0.1) is 46.8 Å². The fraction of sp³-hybridized carbons (Fsp3) is 0.415. The van der Waals surface area contributed by atoms with Gasteiger partial charge in [0.1, 0.15) is 35.3 Å². The first kappa shape index (κ1) is 44.8. The third-order valence-electron chi connectivity index (χ3n) is 16.7. The number of hydrogen-bond acceptors (Lipinski definition) is 12. The summed E-state index contributed by atoms with van der Waals surface area (Å²) in [4.78, 5) is 37.8. The van der Waals surface area contributed by atoms with Crippen LogP contribution in [0.2, 0.25) is 0 Å². The Morgan fingerprint density at radius 1 is 0.861 bits per heavy atom. The molecule has 0 spiro atoms. The number of nitrogens with zero attached hydrogens (tertiary/aromatic N) is 9. The van der Waals surface area contributed by atoms with Gasteiger partial charge in [0, 0.05) is 84.4 Å². The van der Waals surface area contributed by atoms with Crippen molar-refractivity contribution in [1.29, 1.82) is 0 Å². The van der Waals surface area contributed by atoms with Crippen molar-refractivity contribution in [1.82, 2.24) is 38.5 Å². The molecule has 5 fully saturated rings. The van der Waals surface area contributed by atoms with Crippen LogP contribution >= 0.6 is 0 Å². The predicted octanol–water partition coefficient (Wildman–Crippen LogP) is 6.62. The number of benzene rings is 2. The summed E-state index contributed by atoms with van der Waals surface area (Å²) < 4.78 is 46.7. The first-order valence-electron chi connectivity index (χ1n) is 24.7. The predicted molar refractivity (Wildman–Crippen MR) is 264 cm³/mol. The van der Waals surface area contributed by atoms with Gasteiger partial charge in [-0.25, -0.2) is 14.5 Å². The lowest BCUT2D eigenvalue weighted by Gasteiger charge is -2.43. The summed E-state index contributed by atoms with van der Waals surface area (Å²) in [5.41, 5.74) is 15.2. The number of rotatable bonds is 11. The second-order valence-electron chi connectivity index (χ2n) is 21.5. The third kappa shape index (κ3) is 6.90. The molecular weight excluding hydrogens is 925 g/mol. The molecule has 8 aromatic rings. The molecule has 0 saturated heterocycles. The molecule has 72 heavy (non-hydrogen) atoms. The summed E-state index contributed by atoms with van der Waals surface area (Å²) in [6.45, 7) is 2.55. The van der Waals surface area contributed by atoms with Crippen molar-refractivity contribution in [2.24, 2.45) is 17.8 Å². The zero-order valence-corrected chi connectivity index (χ0v) is 40.0. The Bertz CT molecular complexity index is 3730. The summed E-state index contributed by atoms with van der Waals surface area (Å²) in [6, 6.07) is 14.6. The van der Waals surface area contributed by atoms with Gasteiger partial charge in [-0.2, -0.15) is 13.9 Å². The van der Waals surface area contributed by atoms with E-state index < -0.39 is 17.3 Å². The molecule has 13 rings (SSSR count). The van der Waals surface area contributed by atoms with Crippen LogP contribution in [0.3, 0.4) is 0 Å². The molecule has 0 radical (unpaired) electrons. The number of fused-ring (bicyclic) bond motifs is 5. The number of aliphatic hydroxyl groups is 2. The molecule has 370 valence electrons. The van der Waals surface area contributed by atoms with Gasteiger partial charge >= 0.3 is 0 Å². The van der Waals surface area contributed by atoms with E-state index in [1.807, 2.05) is 53.2 Å². The Morgan fingerprint density at radius 3 is 2.29 bits per heavy atom. The van der Waals surface area contributed by atoms with Crippen molar-refractivity contribution in [3.05, 3.63) is 112 Å². The second-order valence-corrected chi connectivity index (χ2v) is 21.5. The Balaban J connectivity index is 0.815. The molecule has 5 aliphatic rings. The van der Waals surface area contributed by atoms with Crippen LogP contribution in [0.5, 0.6) is 5.75 Å². The van der Waals surface area contributed by atoms with Gasteiger partial charge in [-0.05, 0) is 104 Å². The van der Waals surface area contributed by atoms with Gasteiger partial charge in [-0.1, -0.05) is 18.2 Å². The minimum absolute atomic E-state index is 0.0431. The van der Waals surface area contributed by atoms with Crippen molar-refractivity contribution in [2.45, 2.75) is 100 Å². The third-order valence-corrected chi connectivity index (χ3v) is 16.7. The molecule has 19 heteroatoms. The summed E-state index contributed by atoms with van der Waals surface area (Å²) in [5.74, 6) is 1.80. The van der Waals surface area contributed by atoms with E-state index in [1.54, 1.807) is 64.3 Å². The van der Waals surface area contributed by atoms with Crippen LogP contribution in [-0.4, -0.2) is 80.7 Å². The maximum Gasteiger partial charge on any atom is 0.270 e. The van der Waals surface area contributed by atoms with E-state index in [-0.39, 0.29) is 59.1 Å². The Hall–Kier alpha value is -7.09. The molecule has 3 atom stereocenters. The number of methoxy groups -OCH3 is 2. The average Bonchev–Trinajstić information content (AvgIpc) is 3.62. The van der Waals surface area contributed by atoms with E-state index in [0.717, 1.165) is 23.7 Å². The number of nitrogen functional groups attached to an aromatic ring is 2. The molecule has 6 aromatic heterocycles. The molecule has 5 saturated carbocycles. The SMILES string of the molecule is COCC1CC(n2cc(OC)c3ccc(-c4nn(C5CC(O)(C[n+]6cnn7c(C8CC(C)(O)C8)nc(-c8ccc9ccn(C%10C[C@@H]%11C(=C(F)F)[C@@H]%11C%10)c(=O)c9c8)c7c6N)C5)c5ccnc(N)c45)cc3c2=O)C1. The lowest BCUT2D eigenvalue weighted by molar-refractivity contribution is -0.702. The molecule has 6 heterocycles. The fourth-order valence-electron chi connectivity index (χ4n) is 12.9. The lowest BCUT2D eigenvalue weighted by atomic mass is 9.72. The highest BCUT2D eigenvalue weighted by Gasteiger charge is 2.55. The van der Waals surface area contributed by atoms with Crippen LogP contribution in [0.4, 0.5) is 20.4 Å². The number of allylic oxidation sites excluding steroid dienone is 1. The van der Waals surface area contributed by atoms with E-state index >= 15 is 0 Å². The molecule has 6 N–H and O–H groups in total. The number of imidazole rings is 1. The number of hydrogen-bond donors (Lipinski definition) is 4. The summed E-state index contributed by atoms with van der Waals surface area (Å²) in [6.07, 6.45) is 9.51. The standard InChI is InChI=1S/C53H53F2N11O6/c1-52(69)18-30(19-52)49-60-44(29-5-4-27-9-11-63(50(67)35(27)14-29)32-16-36-37(17-32)41(36)46(54)55)45-48(57)62(25-59-66(45)49)24-53(70)20-33(21-53)65-39-8-10-58-47(56)42(39)43(61-65)28-6-7-34-38(15-28)51(68)64(22-40(34)72-3)31-12-26(13-31)23-71-2/h4-11,14-15,22,25-26,30-33,36-37,57,69-70H,12-13,16-21,23-24H2,1-3H3,(H2,56,58,61)/p+1/t26?,30?,31?,32?,33?,36-,37+,52?,53?. The Labute approximate surface area is 409 Å². The van der Waals surface area contributed by atoms with Crippen LogP contribution in [0, 0.1) is 17.8 Å². The second kappa shape index (κ2) is 16.0. The van der Waals surface area contributed by atoms with Crippen LogP contribution in [0.15, 0.2) is 94.7 Å². The Kier molecular flexibility index (Phi) is 9.93. The molecule has 0 bridgehead atoms. The highest BCUT2D eigenvalue weighted by atomic mass is 19.3. The van der Waals surface area contributed by atoms with Gasteiger partial charge in [0.2, 0.25) is 5.82 Å². The molecule has 0 aliphatic heterocycles. The van der Waals surface area contributed by atoms with Gasteiger partial charge in [0.15, 0.2) is 5.52 Å². The van der Waals surface area contributed by atoms with Crippen molar-refractivity contribution < 1.29 is 33.0 Å². The van der Waals surface area contributed by atoms with E-state index in [4.69, 9.17) is 36.1 Å². The zero-order chi connectivity index (χ0) is 49.7. The van der Waals surface area contributed by atoms with Crippen molar-refractivity contribution in [2.75, 3.05) is 32.3 Å². The minimum atomic E-state index is -1.59. The summed E-state index contributed by atoms with van der Waals surface area (Å²) in [7, 11) is 3.29. The van der Waals surface area contributed by atoms with Gasteiger partial charge < -0.3 is 40.3 Å². The maximum absolute atomic E-state index is 14.1. The molecular formula is C53H54F2N11O6+. The molecule has 5 aliphatic carbocycles. The first-order valence-corrected chi connectivity index (χ1v) is 24.7.